The lowest BCUT2D eigenvalue weighted by Gasteiger charge is -2.35. The Hall–Kier alpha value is -5.04. The molecule has 2 aliphatic heterocycles. The van der Waals surface area contributed by atoms with E-state index < -0.39 is 34.1 Å². The van der Waals surface area contributed by atoms with Gasteiger partial charge in [0.2, 0.25) is 15.6 Å². The maximum Gasteiger partial charge on any atom is 0.355 e. The van der Waals surface area contributed by atoms with E-state index in [1.165, 1.54) is 0 Å². The van der Waals surface area contributed by atoms with E-state index in [1.54, 1.807) is 48.9 Å². The molecule has 250 valence electrons. The van der Waals surface area contributed by atoms with Crippen LogP contribution in [0.4, 0.5) is 0 Å². The van der Waals surface area contributed by atoms with E-state index in [9.17, 15) is 22.8 Å². The molecule has 0 bridgehead atoms. The maximum absolute atomic E-state index is 13.8. The number of amidine groups is 1. The summed E-state index contributed by atoms with van der Waals surface area (Å²) in [5.41, 5.74) is 1.69. The van der Waals surface area contributed by atoms with Gasteiger partial charge in [-0.15, -0.1) is 0 Å². The molecule has 4 aromatic rings. The molecule has 4 heterocycles. The minimum atomic E-state index is -3.74. The summed E-state index contributed by atoms with van der Waals surface area (Å²) in [5.74, 6) is -1.14. The summed E-state index contributed by atoms with van der Waals surface area (Å²) < 4.78 is 46.2. The first-order valence-corrected chi connectivity index (χ1v) is 17.4. The largest absolute Gasteiger partial charge is 0.497 e. The van der Waals surface area contributed by atoms with Gasteiger partial charge in [0.15, 0.2) is 0 Å². The molecule has 48 heavy (non-hydrogen) atoms. The molecule has 0 amide bonds. The monoisotopic (exact) mass is 672 g/mol. The van der Waals surface area contributed by atoms with Crippen molar-refractivity contribution in [1.29, 1.82) is 0 Å². The van der Waals surface area contributed by atoms with E-state index >= 15 is 0 Å². The number of nitrogens with one attached hydrogen (secondary N) is 1. The third-order valence-corrected chi connectivity index (χ3v) is 10.0. The number of carbonyl (C=O) groups excluding carboxylic acids is 2. The number of hydrogen-bond donors (Lipinski definition) is 1. The van der Waals surface area contributed by atoms with Gasteiger partial charge >= 0.3 is 11.9 Å². The van der Waals surface area contributed by atoms with Crippen LogP contribution in [0.25, 0.3) is 22.3 Å². The lowest BCUT2D eigenvalue weighted by atomic mass is 9.85. The summed E-state index contributed by atoms with van der Waals surface area (Å²) in [6.07, 6.45) is 1.20. The fourth-order valence-corrected chi connectivity index (χ4v) is 7.36. The summed E-state index contributed by atoms with van der Waals surface area (Å²) in [6, 6.07) is 18.3. The van der Waals surface area contributed by atoms with Crippen LogP contribution in [0.2, 0.25) is 0 Å². The van der Waals surface area contributed by atoms with Gasteiger partial charge in [-0.05, 0) is 48.7 Å². The van der Waals surface area contributed by atoms with E-state index in [4.69, 9.17) is 19.2 Å². The van der Waals surface area contributed by atoms with Gasteiger partial charge in [0.25, 0.3) is 5.56 Å². The van der Waals surface area contributed by atoms with Crippen molar-refractivity contribution in [2.45, 2.75) is 58.3 Å². The van der Waals surface area contributed by atoms with Crippen molar-refractivity contribution in [3.63, 3.8) is 0 Å². The molecular weight excluding hydrogens is 636 g/mol. The summed E-state index contributed by atoms with van der Waals surface area (Å²) in [4.78, 5) is 49.8. The fraction of sp³-hybridized carbons (Fsp3) is 0.343. The van der Waals surface area contributed by atoms with Crippen LogP contribution in [-0.2, 0) is 54.3 Å². The number of methoxy groups -OCH3 is 1. The Morgan fingerprint density at radius 3 is 2.60 bits per heavy atom. The van der Waals surface area contributed by atoms with Crippen molar-refractivity contribution >= 4 is 38.7 Å². The second-order valence-corrected chi connectivity index (χ2v) is 13.6. The molecule has 0 saturated carbocycles. The van der Waals surface area contributed by atoms with Crippen LogP contribution < -0.4 is 15.0 Å². The first kappa shape index (κ1) is 32.9. The first-order chi connectivity index (χ1) is 23.1. The predicted molar refractivity (Wildman–Crippen MR) is 179 cm³/mol. The zero-order valence-electron chi connectivity index (χ0n) is 26.9. The van der Waals surface area contributed by atoms with Crippen molar-refractivity contribution in [1.82, 2.24) is 14.3 Å². The van der Waals surface area contributed by atoms with Gasteiger partial charge in [-0.25, -0.2) is 23.0 Å². The minimum absolute atomic E-state index is 0.0163. The van der Waals surface area contributed by atoms with Crippen molar-refractivity contribution in [2.24, 2.45) is 4.99 Å². The van der Waals surface area contributed by atoms with Gasteiger partial charge in [0, 0.05) is 22.9 Å². The molecule has 2 aromatic heterocycles. The molecule has 0 radical (unpaired) electrons. The van der Waals surface area contributed by atoms with Gasteiger partial charge in [0.05, 0.1) is 41.9 Å². The average Bonchev–Trinajstić information content (AvgIpc) is 3.44. The number of para-hydroxylation sites is 1. The van der Waals surface area contributed by atoms with Crippen molar-refractivity contribution < 1.29 is 32.2 Å². The third-order valence-electron chi connectivity index (χ3n) is 8.64. The summed E-state index contributed by atoms with van der Waals surface area (Å²) in [6.45, 7) is 3.00. The maximum atomic E-state index is 13.8. The van der Waals surface area contributed by atoms with Crippen LogP contribution in [0.5, 0.6) is 5.75 Å². The van der Waals surface area contributed by atoms with Crippen LogP contribution in [0.15, 0.2) is 70.5 Å². The van der Waals surface area contributed by atoms with Crippen molar-refractivity contribution in [3.05, 3.63) is 93.3 Å². The summed E-state index contributed by atoms with van der Waals surface area (Å²) in [7, 11) is -2.20. The highest BCUT2D eigenvalue weighted by molar-refractivity contribution is 7.90. The highest BCUT2D eigenvalue weighted by atomic mass is 32.2. The number of sulfonamides is 1. The molecular formula is C35H36N4O8S. The Morgan fingerprint density at radius 2 is 1.88 bits per heavy atom. The number of esters is 2. The van der Waals surface area contributed by atoms with E-state index in [0.29, 0.717) is 36.5 Å². The number of benzene rings is 2. The zero-order valence-corrected chi connectivity index (χ0v) is 27.8. The van der Waals surface area contributed by atoms with Crippen LogP contribution in [0.3, 0.4) is 0 Å². The Bertz CT molecular complexity index is 2110. The number of pyridine rings is 2. The number of hydrogen-bond acceptors (Lipinski definition) is 10. The lowest BCUT2D eigenvalue weighted by molar-refractivity contribution is -0.188. The minimum Gasteiger partial charge on any atom is -0.497 e. The second kappa shape index (κ2) is 13.2. The topological polar surface area (TPSA) is 155 Å². The zero-order chi connectivity index (χ0) is 34.1. The van der Waals surface area contributed by atoms with E-state index in [2.05, 4.69) is 9.71 Å². The molecule has 2 aromatic carbocycles. The fourth-order valence-electron chi connectivity index (χ4n) is 6.09. The Morgan fingerprint density at radius 1 is 1.10 bits per heavy atom. The molecule has 13 heteroatoms. The third kappa shape index (κ3) is 6.29. The molecule has 2 aliphatic rings. The molecule has 6 rings (SSSR count). The normalized spacial score (nSPS) is 16.9. The average molecular weight is 673 g/mol. The van der Waals surface area contributed by atoms with Gasteiger partial charge in [-0.1, -0.05) is 50.6 Å². The van der Waals surface area contributed by atoms with Gasteiger partial charge in [0.1, 0.15) is 24.7 Å². The molecule has 0 unspecified atom stereocenters. The summed E-state index contributed by atoms with van der Waals surface area (Å²) in [5, 5.41) is 0.941. The first-order valence-electron chi connectivity index (χ1n) is 15.8. The smallest absolute Gasteiger partial charge is 0.355 e. The molecule has 0 aliphatic carbocycles. The number of carbonyl (C=O) groups is 2. The Kier molecular flexibility index (Phi) is 9.06. The lowest BCUT2D eigenvalue weighted by Crippen LogP contribution is -2.48. The van der Waals surface area contributed by atoms with Gasteiger partial charge < -0.3 is 18.8 Å². The number of nitrogens with zero attached hydrogens (tertiary/aromatic N) is 3. The van der Waals surface area contributed by atoms with E-state index in [-0.39, 0.29) is 47.7 Å². The molecule has 0 spiro atoms. The number of ether oxygens (including phenoxy) is 3. The molecule has 12 nitrogen and oxygen atoms in total. The van der Waals surface area contributed by atoms with Gasteiger partial charge in [-0.2, -0.15) is 0 Å². The molecule has 1 N–H and O–H groups in total. The van der Waals surface area contributed by atoms with Crippen molar-refractivity contribution in [2.75, 3.05) is 19.4 Å². The predicted octanol–water partition coefficient (Wildman–Crippen LogP) is 4.00. The number of fused-ring (bicyclic) bond motifs is 5. The highest BCUT2D eigenvalue weighted by Crippen LogP contribution is 2.41. The Balaban J connectivity index is 1.32. The number of aliphatic imine (C=N–C) groups is 1. The van der Waals surface area contributed by atoms with E-state index in [1.807, 2.05) is 37.3 Å². The highest BCUT2D eigenvalue weighted by Gasteiger charge is 2.50. The number of unbranched alkanes of at least 4 members (excludes halogenated alkanes) is 1. The standard InChI is InChI=1S/C35H36N4O8S/c1-4-6-15-48(43,44)38-30(16-22-11-13-25(45-3)14-12-22)36-19-31(40)47-35(5-2)27-18-29-32-24(17-23-9-7-8-10-28(23)37-32)20-39(29)33(41)26(27)21-46-34(35)42/h7-14,17-18H,4-6,15-16,19-21H2,1-3H3,(H,36,38)/t35-/m0/s1. The van der Waals surface area contributed by atoms with Crippen LogP contribution in [-0.4, -0.2) is 55.2 Å². The van der Waals surface area contributed by atoms with Crippen molar-refractivity contribution in [3.8, 4) is 17.1 Å². The van der Waals surface area contributed by atoms with Crippen LogP contribution in [0, 0.1) is 0 Å². The van der Waals surface area contributed by atoms with Crippen LogP contribution in [0.1, 0.15) is 55.4 Å². The molecule has 0 fully saturated rings. The second-order valence-electron chi connectivity index (χ2n) is 11.8. The Labute approximate surface area is 277 Å². The van der Waals surface area contributed by atoms with E-state index in [0.717, 1.165) is 22.0 Å². The van der Waals surface area contributed by atoms with Crippen LogP contribution >= 0.6 is 0 Å². The number of rotatable bonds is 11. The number of aromatic nitrogens is 2. The quantitative estimate of drug-likeness (QED) is 0.125. The SMILES string of the molecule is CCCCS(=O)(=O)NC(Cc1ccc(OC)cc1)=NCC(=O)O[C@]1(CC)C(=O)OCc2c1cc1n(c2=O)Cc2cc3ccccc3nc2-1. The molecule has 1 atom stereocenters. The van der Waals surface area contributed by atoms with Gasteiger partial charge in [-0.3, -0.25) is 14.5 Å². The summed E-state index contributed by atoms with van der Waals surface area (Å²) >= 11 is 0. The molecule has 0 saturated heterocycles. The number of cyclic esters (lactones) is 1.